The van der Waals surface area contributed by atoms with Crippen molar-refractivity contribution in [3.8, 4) is 0 Å². The van der Waals surface area contributed by atoms with Crippen LogP contribution in [0.2, 0.25) is 0 Å². The Balaban J connectivity index is 2.21. The summed E-state index contributed by atoms with van der Waals surface area (Å²) in [7, 11) is 1.38. The van der Waals surface area contributed by atoms with Crippen LogP contribution in [0.15, 0.2) is 0 Å². The molecule has 6 heteroatoms. The Kier molecular flexibility index (Phi) is 5.47. The Morgan fingerprint density at radius 2 is 2.04 bits per heavy atom. The molecule has 1 atom stereocenters. The number of rotatable bonds is 4. The van der Waals surface area contributed by atoms with E-state index in [1.807, 2.05) is 20.8 Å². The third-order valence-electron chi connectivity index (χ3n) is 3.93. The van der Waals surface area contributed by atoms with Gasteiger partial charge in [0.1, 0.15) is 5.00 Å². The third kappa shape index (κ3) is 4.54. The minimum Gasteiger partial charge on any atom is -0.465 e. The molecule has 2 rings (SSSR count). The molecule has 128 valence electrons. The van der Waals surface area contributed by atoms with Crippen LogP contribution in [0.4, 0.5) is 5.00 Å². The largest absolute Gasteiger partial charge is 0.465 e. The molecule has 1 aromatic heterocycles. The summed E-state index contributed by atoms with van der Waals surface area (Å²) >= 11 is 1.51. The predicted octanol–water partition coefficient (Wildman–Crippen LogP) is 2.99. The molecule has 1 aliphatic rings. The lowest BCUT2D eigenvalue weighted by molar-refractivity contribution is -0.115. The van der Waals surface area contributed by atoms with Gasteiger partial charge in [0, 0.05) is 10.4 Å². The van der Waals surface area contributed by atoms with Crippen LogP contribution in [-0.2, 0) is 22.4 Å². The molecule has 1 amide bonds. The summed E-state index contributed by atoms with van der Waals surface area (Å²) in [6, 6.07) is 0. The van der Waals surface area contributed by atoms with Gasteiger partial charge in [0.05, 0.1) is 19.2 Å². The minimum atomic E-state index is -0.365. The van der Waals surface area contributed by atoms with Crippen molar-refractivity contribution in [1.82, 2.24) is 5.32 Å². The van der Waals surface area contributed by atoms with E-state index in [1.165, 1.54) is 23.3 Å². The van der Waals surface area contributed by atoms with Gasteiger partial charge in [0.2, 0.25) is 5.91 Å². The molecule has 2 N–H and O–H groups in total. The van der Waals surface area contributed by atoms with Crippen molar-refractivity contribution in [3.63, 3.8) is 0 Å². The average molecular weight is 338 g/mol. The zero-order valence-electron chi connectivity index (χ0n) is 14.5. The Morgan fingerprint density at radius 1 is 1.35 bits per heavy atom. The van der Waals surface area contributed by atoms with Crippen LogP contribution in [0.25, 0.3) is 0 Å². The smallest absolute Gasteiger partial charge is 0.341 e. The lowest BCUT2D eigenvalue weighted by Gasteiger charge is -2.20. The molecule has 0 bridgehead atoms. The number of anilines is 1. The molecule has 0 saturated heterocycles. The summed E-state index contributed by atoms with van der Waals surface area (Å²) in [6.45, 7) is 8.44. The number of carbonyl (C=O) groups excluding carboxylic acids is 2. The highest BCUT2D eigenvalue weighted by Crippen LogP contribution is 2.39. The summed E-state index contributed by atoms with van der Waals surface area (Å²) in [4.78, 5) is 25.5. The van der Waals surface area contributed by atoms with Crippen molar-refractivity contribution in [2.75, 3.05) is 19.0 Å². The van der Waals surface area contributed by atoms with Gasteiger partial charge in [-0.05, 0) is 51.5 Å². The highest BCUT2D eigenvalue weighted by molar-refractivity contribution is 7.17. The highest BCUT2D eigenvalue weighted by Gasteiger charge is 2.28. The van der Waals surface area contributed by atoms with E-state index in [2.05, 4.69) is 17.6 Å². The third-order valence-corrected chi connectivity index (χ3v) is 5.10. The van der Waals surface area contributed by atoms with Crippen LogP contribution in [0.5, 0.6) is 0 Å². The first-order valence-electron chi connectivity index (χ1n) is 7.99. The topological polar surface area (TPSA) is 67.4 Å². The summed E-state index contributed by atoms with van der Waals surface area (Å²) in [5.41, 5.74) is 1.47. The van der Waals surface area contributed by atoms with Crippen LogP contribution in [0, 0.1) is 5.92 Å². The van der Waals surface area contributed by atoms with Gasteiger partial charge in [-0.1, -0.05) is 6.92 Å². The SMILES string of the molecule is COC(=O)c1c(NC(=O)CNC(C)(C)C)sc2c1CC[C@@H](C)C2. The second kappa shape index (κ2) is 7.01. The number of esters is 1. The fourth-order valence-corrected chi connectivity index (χ4v) is 4.09. The normalized spacial score (nSPS) is 17.5. The summed E-state index contributed by atoms with van der Waals surface area (Å²) in [5.74, 6) is 0.102. The van der Waals surface area contributed by atoms with E-state index in [1.54, 1.807) is 0 Å². The number of carbonyl (C=O) groups is 2. The first-order valence-corrected chi connectivity index (χ1v) is 8.80. The molecule has 23 heavy (non-hydrogen) atoms. The van der Waals surface area contributed by atoms with Crippen molar-refractivity contribution in [3.05, 3.63) is 16.0 Å². The number of hydrogen-bond donors (Lipinski definition) is 2. The molecule has 5 nitrogen and oxygen atoms in total. The maximum Gasteiger partial charge on any atom is 0.341 e. The fourth-order valence-electron chi connectivity index (χ4n) is 2.67. The number of fused-ring (bicyclic) bond motifs is 1. The minimum absolute atomic E-state index is 0.132. The molecule has 0 aromatic carbocycles. The molecule has 0 spiro atoms. The summed E-state index contributed by atoms with van der Waals surface area (Å²) in [5, 5.41) is 6.66. The highest BCUT2D eigenvalue weighted by atomic mass is 32.1. The number of thiophene rings is 1. The predicted molar refractivity (Wildman–Crippen MR) is 93.2 cm³/mol. The van der Waals surface area contributed by atoms with E-state index in [0.29, 0.717) is 16.5 Å². The summed E-state index contributed by atoms with van der Waals surface area (Å²) in [6.07, 6.45) is 2.89. The first kappa shape index (κ1) is 17.9. The molecule has 0 saturated carbocycles. The Hall–Kier alpha value is -1.40. The van der Waals surface area contributed by atoms with Gasteiger partial charge in [-0.2, -0.15) is 0 Å². The molecule has 1 aliphatic carbocycles. The van der Waals surface area contributed by atoms with Gasteiger partial charge in [0.25, 0.3) is 0 Å². The lowest BCUT2D eigenvalue weighted by Crippen LogP contribution is -2.41. The second-order valence-electron chi connectivity index (χ2n) is 7.20. The molecule has 0 unspecified atom stereocenters. The molecule has 1 heterocycles. The van der Waals surface area contributed by atoms with E-state index in [0.717, 1.165) is 24.8 Å². The molecule has 0 radical (unpaired) electrons. The molecular weight excluding hydrogens is 312 g/mol. The zero-order valence-corrected chi connectivity index (χ0v) is 15.4. The van der Waals surface area contributed by atoms with Crippen LogP contribution < -0.4 is 10.6 Å². The van der Waals surface area contributed by atoms with Crippen molar-refractivity contribution in [1.29, 1.82) is 0 Å². The monoisotopic (exact) mass is 338 g/mol. The van der Waals surface area contributed by atoms with Gasteiger partial charge in [-0.3, -0.25) is 4.79 Å². The first-order chi connectivity index (χ1) is 10.7. The van der Waals surface area contributed by atoms with Crippen LogP contribution in [0.3, 0.4) is 0 Å². The number of methoxy groups -OCH3 is 1. The Bertz CT molecular complexity index is 602. The lowest BCUT2D eigenvalue weighted by atomic mass is 9.88. The zero-order chi connectivity index (χ0) is 17.2. The maximum atomic E-state index is 12.2. The maximum absolute atomic E-state index is 12.2. The quantitative estimate of drug-likeness (QED) is 0.828. The van der Waals surface area contributed by atoms with Gasteiger partial charge < -0.3 is 15.4 Å². The number of amides is 1. The van der Waals surface area contributed by atoms with E-state index in [4.69, 9.17) is 4.74 Å². The van der Waals surface area contributed by atoms with Gasteiger partial charge in [-0.15, -0.1) is 11.3 Å². The van der Waals surface area contributed by atoms with Gasteiger partial charge >= 0.3 is 5.97 Å². The van der Waals surface area contributed by atoms with E-state index in [9.17, 15) is 9.59 Å². The Morgan fingerprint density at radius 3 is 2.65 bits per heavy atom. The standard InChI is InChI=1S/C17H26N2O3S/c1-10-6-7-11-12(8-10)23-15(14(11)16(21)22-5)19-13(20)9-18-17(2,3)4/h10,18H,6-9H2,1-5H3,(H,19,20)/t10-/m1/s1. The second-order valence-corrected chi connectivity index (χ2v) is 8.30. The summed E-state index contributed by atoms with van der Waals surface area (Å²) < 4.78 is 4.92. The van der Waals surface area contributed by atoms with Crippen molar-refractivity contribution < 1.29 is 14.3 Å². The molecular formula is C17H26N2O3S. The average Bonchev–Trinajstić information content (AvgIpc) is 2.80. The number of ether oxygens (including phenoxy) is 1. The van der Waals surface area contributed by atoms with Gasteiger partial charge in [-0.25, -0.2) is 4.79 Å². The van der Waals surface area contributed by atoms with E-state index < -0.39 is 0 Å². The van der Waals surface area contributed by atoms with Crippen LogP contribution in [-0.4, -0.2) is 31.1 Å². The number of hydrogen-bond acceptors (Lipinski definition) is 5. The van der Waals surface area contributed by atoms with Crippen molar-refractivity contribution in [2.24, 2.45) is 5.92 Å². The van der Waals surface area contributed by atoms with E-state index in [-0.39, 0.29) is 24.0 Å². The van der Waals surface area contributed by atoms with Crippen LogP contribution >= 0.6 is 11.3 Å². The molecule has 0 aliphatic heterocycles. The van der Waals surface area contributed by atoms with Crippen molar-refractivity contribution in [2.45, 2.75) is 52.5 Å². The van der Waals surface area contributed by atoms with Gasteiger partial charge in [0.15, 0.2) is 0 Å². The molecule has 0 fully saturated rings. The molecule has 1 aromatic rings. The Labute approximate surface area is 141 Å². The van der Waals surface area contributed by atoms with Crippen molar-refractivity contribution >= 4 is 28.2 Å². The van der Waals surface area contributed by atoms with Crippen LogP contribution in [0.1, 0.15) is 54.9 Å². The number of nitrogens with one attached hydrogen (secondary N) is 2. The van der Waals surface area contributed by atoms with E-state index >= 15 is 0 Å². The fraction of sp³-hybridized carbons (Fsp3) is 0.647.